The quantitative estimate of drug-likeness (QED) is 0.150. The molecule has 0 aromatic carbocycles. The van der Waals surface area contributed by atoms with E-state index in [1.54, 1.807) is 0 Å². The first-order valence-corrected chi connectivity index (χ1v) is 15.7. The van der Waals surface area contributed by atoms with Gasteiger partial charge >= 0.3 is 16.8 Å². The molecule has 0 spiro atoms. The average Bonchev–Trinajstić information content (AvgIpc) is 2.74. The van der Waals surface area contributed by atoms with Gasteiger partial charge in [-0.25, -0.2) is 0 Å². The Kier molecular flexibility index (Phi) is 43.6. The molecule has 0 rings (SSSR count). The van der Waals surface area contributed by atoms with E-state index in [0.29, 0.717) is 0 Å². The zero-order valence-electron chi connectivity index (χ0n) is 22.0. The molecule has 0 bridgehead atoms. The molecule has 0 aliphatic carbocycles. The number of aliphatic carboxylic acids is 2. The smallest absolute Gasteiger partial charge is 0.550 e. The van der Waals surface area contributed by atoms with Crippen molar-refractivity contribution in [1.29, 1.82) is 0 Å². The largest absolute Gasteiger partial charge is 2.00 e. The van der Waals surface area contributed by atoms with Crippen LogP contribution in [-0.2, 0) is 26.4 Å². The van der Waals surface area contributed by atoms with Crippen LogP contribution in [0.3, 0.4) is 0 Å². The number of carbonyl (C=O) groups is 2. The molecule has 0 unspecified atom stereocenters. The van der Waals surface area contributed by atoms with Crippen molar-refractivity contribution in [3.63, 3.8) is 0 Å². The van der Waals surface area contributed by atoms with Gasteiger partial charge in [0, 0.05) is 11.9 Å². The minimum Gasteiger partial charge on any atom is -0.550 e. The molecular weight excluding hydrogens is 462 g/mol. The van der Waals surface area contributed by atoms with Gasteiger partial charge in [-0.3, -0.25) is 0 Å². The van der Waals surface area contributed by atoms with Gasteiger partial charge in [0.25, 0.3) is 14.1 Å². The third-order valence-electron chi connectivity index (χ3n) is 5.70. The minimum absolute atomic E-state index is 0. The van der Waals surface area contributed by atoms with Crippen molar-refractivity contribution in [1.82, 2.24) is 0 Å². The van der Waals surface area contributed by atoms with Gasteiger partial charge in [0.15, 0.2) is 0 Å². The Labute approximate surface area is 215 Å². The summed E-state index contributed by atoms with van der Waals surface area (Å²) < 4.78 is 0. The number of rotatable bonds is 19. The van der Waals surface area contributed by atoms with Crippen LogP contribution >= 0.6 is 0 Å². The van der Waals surface area contributed by atoms with Crippen LogP contribution in [0.4, 0.5) is 0 Å². The summed E-state index contributed by atoms with van der Waals surface area (Å²) in [5.74, 6) is -1.83. The SMILES string of the molecule is CCCCCCCCCC(=O)[O-].CCCCCCCCCC(=O)[O-].C[CH2][Al]([CH2]C)[CH2]C.[Co+2]. The number of carbonyl (C=O) groups excluding carboxylic acids is 2. The van der Waals surface area contributed by atoms with E-state index >= 15 is 0 Å². The fraction of sp³-hybridized carbons (Fsp3) is 0.923. The second kappa shape index (κ2) is 35.6. The first-order valence-electron chi connectivity index (χ1n) is 13.3. The maximum absolute atomic E-state index is 10.0. The maximum Gasteiger partial charge on any atom is 2.00 e. The van der Waals surface area contributed by atoms with Crippen molar-refractivity contribution in [3.8, 4) is 0 Å². The van der Waals surface area contributed by atoms with Gasteiger partial charge in [-0.2, -0.15) is 0 Å². The molecule has 0 saturated heterocycles. The van der Waals surface area contributed by atoms with E-state index in [9.17, 15) is 19.8 Å². The third kappa shape index (κ3) is 43.8. The van der Waals surface area contributed by atoms with Crippen LogP contribution in [0.2, 0.25) is 15.8 Å². The molecule has 0 aromatic rings. The number of unbranched alkanes of at least 4 members (excludes halogenated alkanes) is 12. The Morgan fingerprint density at radius 3 is 0.938 bits per heavy atom. The first kappa shape index (κ1) is 39.2. The van der Waals surface area contributed by atoms with Crippen molar-refractivity contribution >= 4 is 26.1 Å². The van der Waals surface area contributed by atoms with Gasteiger partial charge in [0.05, 0.1) is 0 Å². The molecule has 0 saturated carbocycles. The van der Waals surface area contributed by atoms with Crippen LogP contribution in [0.15, 0.2) is 0 Å². The predicted octanol–water partition coefficient (Wildman–Crippen LogP) is 6.29. The number of carboxylic acids is 2. The van der Waals surface area contributed by atoms with Crippen LogP contribution in [-0.4, -0.2) is 26.1 Å². The molecule has 0 amide bonds. The second-order valence-electron chi connectivity index (χ2n) is 8.58. The van der Waals surface area contributed by atoms with E-state index in [1.165, 1.54) is 80.1 Å². The summed E-state index contributed by atoms with van der Waals surface area (Å²) in [6.07, 6.45) is 16.7. The predicted molar refractivity (Wildman–Crippen MR) is 132 cm³/mol. The molecule has 0 heterocycles. The van der Waals surface area contributed by atoms with E-state index < -0.39 is 11.9 Å². The molecule has 0 atom stereocenters. The molecule has 0 fully saturated rings. The second-order valence-corrected chi connectivity index (χ2v) is 12.8. The maximum atomic E-state index is 10.0. The molecule has 0 aromatic heterocycles. The zero-order valence-corrected chi connectivity index (χ0v) is 24.2. The topological polar surface area (TPSA) is 80.3 Å². The average molecular weight is 516 g/mol. The standard InChI is InChI=1S/2C10H20O2.3C2H5.Al.Co/c2*1-2-3-4-5-6-7-8-9-10(11)12;3*1-2;;/h2*2-9H2,1H3,(H,11,12);3*1H2,2H3;;/q;;;;;;+2/p-2. The summed E-state index contributed by atoms with van der Waals surface area (Å²) in [6.45, 7) is 11.4. The first-order chi connectivity index (χ1) is 14.9. The number of hydrogen-bond donors (Lipinski definition) is 0. The van der Waals surface area contributed by atoms with Crippen molar-refractivity contribution in [2.75, 3.05) is 0 Å². The van der Waals surface area contributed by atoms with E-state index in [1.807, 2.05) is 0 Å². The Morgan fingerprint density at radius 2 is 0.750 bits per heavy atom. The Balaban J connectivity index is -0.000000188. The normalized spacial score (nSPS) is 9.53. The number of hydrogen-bond acceptors (Lipinski definition) is 4. The molecule has 1 radical (unpaired) electrons. The fourth-order valence-electron chi connectivity index (χ4n) is 3.32. The summed E-state index contributed by atoms with van der Waals surface area (Å²) in [4.78, 5) is 20.0. The molecule has 6 heteroatoms. The van der Waals surface area contributed by atoms with Gasteiger partial charge in [-0.1, -0.05) is 128 Å². The van der Waals surface area contributed by atoms with E-state index in [4.69, 9.17) is 0 Å². The summed E-state index contributed by atoms with van der Waals surface area (Å²) in [5, 5.41) is 24.5. The summed E-state index contributed by atoms with van der Waals surface area (Å²) >= 11 is -0.171. The van der Waals surface area contributed by atoms with Gasteiger partial charge in [0.2, 0.25) is 0 Å². The Morgan fingerprint density at radius 1 is 0.500 bits per heavy atom. The molecule has 0 aliphatic heterocycles. The van der Waals surface area contributed by atoms with Crippen LogP contribution in [0, 0.1) is 0 Å². The number of carboxylic acid groups (broad SMARTS) is 2. The van der Waals surface area contributed by atoms with Gasteiger partial charge in [-0.15, -0.1) is 0 Å². The summed E-state index contributed by atoms with van der Waals surface area (Å²) in [5.41, 5.74) is 0. The van der Waals surface area contributed by atoms with Crippen molar-refractivity contribution in [3.05, 3.63) is 0 Å². The molecule has 0 N–H and O–H groups in total. The van der Waals surface area contributed by atoms with E-state index in [-0.39, 0.29) is 43.8 Å². The van der Waals surface area contributed by atoms with Crippen molar-refractivity contribution in [2.45, 2.75) is 153 Å². The van der Waals surface area contributed by atoms with Gasteiger partial charge in [-0.05, 0) is 25.7 Å². The Hall–Kier alpha value is -0.0210. The van der Waals surface area contributed by atoms with Crippen LogP contribution in [0.5, 0.6) is 0 Å². The van der Waals surface area contributed by atoms with Crippen LogP contribution < -0.4 is 10.2 Å². The van der Waals surface area contributed by atoms with Gasteiger partial charge in [0.1, 0.15) is 0 Å². The van der Waals surface area contributed by atoms with E-state index in [2.05, 4.69) is 34.6 Å². The molecular formula is C26H53AlCoO4. The van der Waals surface area contributed by atoms with Crippen LogP contribution in [0.1, 0.15) is 137 Å². The third-order valence-corrected chi connectivity index (χ3v) is 9.17. The Bertz CT molecular complexity index is 330. The van der Waals surface area contributed by atoms with Crippen molar-refractivity contribution < 1.29 is 36.6 Å². The molecule has 4 nitrogen and oxygen atoms in total. The minimum atomic E-state index is -0.913. The molecule has 193 valence electrons. The zero-order chi connectivity index (χ0) is 24.2. The van der Waals surface area contributed by atoms with Crippen LogP contribution in [0.25, 0.3) is 0 Å². The summed E-state index contributed by atoms with van der Waals surface area (Å²) in [7, 11) is 0. The molecule has 32 heavy (non-hydrogen) atoms. The fourth-order valence-corrected chi connectivity index (χ4v) is 5.05. The molecule has 0 aliphatic rings. The summed E-state index contributed by atoms with van der Waals surface area (Å²) in [6, 6.07) is 0. The van der Waals surface area contributed by atoms with Gasteiger partial charge < -0.3 is 19.8 Å². The van der Waals surface area contributed by atoms with E-state index in [0.717, 1.165) is 25.7 Å². The van der Waals surface area contributed by atoms with Crippen molar-refractivity contribution in [2.24, 2.45) is 0 Å². The monoisotopic (exact) mass is 515 g/mol.